The quantitative estimate of drug-likeness (QED) is 0.0795. The van der Waals surface area contributed by atoms with Gasteiger partial charge in [0, 0.05) is 30.6 Å². The molecule has 238 valence electrons. The first kappa shape index (κ1) is 36.4. The molecule has 2 atom stereocenters. The summed E-state index contributed by atoms with van der Waals surface area (Å²) in [7, 11) is 0. The summed E-state index contributed by atoms with van der Waals surface area (Å²) in [6, 6.07) is 14.8. The van der Waals surface area contributed by atoms with Crippen molar-refractivity contribution in [1.29, 1.82) is 0 Å². The SMILES string of the molecule is C=C(/C=C\C(=C/C)SN(CC(C)C)CC(O)C(Cc1ccccc1)NC(=O)CNC(=O)CNCc1cccc(F)c1)[N+](=O)[O-]. The van der Waals surface area contributed by atoms with E-state index in [0.717, 1.165) is 10.5 Å². The molecule has 2 rings (SSSR count). The number of nitro groups is 1. The Kier molecular flexibility index (Phi) is 16.1. The number of halogens is 1. The Balaban J connectivity index is 2.03. The van der Waals surface area contributed by atoms with E-state index >= 15 is 0 Å². The molecule has 12 heteroatoms. The number of allylic oxidation sites excluding steroid dienone is 3. The van der Waals surface area contributed by atoms with Crippen molar-refractivity contribution >= 4 is 23.8 Å². The van der Waals surface area contributed by atoms with Gasteiger partial charge < -0.3 is 21.1 Å². The zero-order valence-electron chi connectivity index (χ0n) is 25.4. The lowest BCUT2D eigenvalue weighted by Crippen LogP contribution is -2.51. The maximum Gasteiger partial charge on any atom is 0.262 e. The molecule has 0 aromatic heterocycles. The molecule has 0 aliphatic carbocycles. The number of nitrogens with zero attached hydrogens (tertiary/aromatic N) is 2. The molecule has 2 aromatic carbocycles. The maximum absolute atomic E-state index is 13.3. The second-order valence-electron chi connectivity index (χ2n) is 10.5. The van der Waals surface area contributed by atoms with E-state index < -0.39 is 28.9 Å². The van der Waals surface area contributed by atoms with Crippen molar-refractivity contribution in [3.05, 3.63) is 117 Å². The van der Waals surface area contributed by atoms with E-state index in [9.17, 15) is 29.2 Å². The number of nitrogens with one attached hydrogen (secondary N) is 3. The highest BCUT2D eigenvalue weighted by Crippen LogP contribution is 2.25. The molecule has 0 spiro atoms. The van der Waals surface area contributed by atoms with Gasteiger partial charge in [-0.1, -0.05) is 62.4 Å². The summed E-state index contributed by atoms with van der Waals surface area (Å²) < 4.78 is 15.3. The first-order valence-electron chi connectivity index (χ1n) is 14.3. The van der Waals surface area contributed by atoms with Gasteiger partial charge in [-0.2, -0.15) is 0 Å². The Hall–Kier alpha value is -3.84. The molecule has 0 saturated carbocycles. The third-order valence-electron chi connectivity index (χ3n) is 6.21. The van der Waals surface area contributed by atoms with Crippen molar-refractivity contribution in [2.24, 2.45) is 5.92 Å². The smallest absolute Gasteiger partial charge is 0.262 e. The number of rotatable bonds is 19. The van der Waals surface area contributed by atoms with Gasteiger partial charge in [0.15, 0.2) is 0 Å². The Bertz CT molecular complexity index is 1300. The average Bonchev–Trinajstić information content (AvgIpc) is 2.97. The number of benzene rings is 2. The zero-order chi connectivity index (χ0) is 32.5. The molecule has 0 aliphatic heterocycles. The van der Waals surface area contributed by atoms with Crippen LogP contribution in [0.1, 0.15) is 31.9 Å². The summed E-state index contributed by atoms with van der Waals surface area (Å²) in [4.78, 5) is 36.3. The number of amides is 2. The van der Waals surface area contributed by atoms with Gasteiger partial charge in [-0.05, 0) is 67.1 Å². The monoisotopic (exact) mass is 627 g/mol. The summed E-state index contributed by atoms with van der Waals surface area (Å²) >= 11 is 1.35. The molecule has 10 nitrogen and oxygen atoms in total. The fraction of sp³-hybridized carbons (Fsp3) is 0.375. The van der Waals surface area contributed by atoms with Crippen LogP contribution >= 0.6 is 11.9 Å². The van der Waals surface area contributed by atoms with Crippen LogP contribution in [0.4, 0.5) is 4.39 Å². The van der Waals surface area contributed by atoms with Gasteiger partial charge >= 0.3 is 0 Å². The van der Waals surface area contributed by atoms with Crippen LogP contribution in [-0.4, -0.2) is 64.5 Å². The molecule has 0 bridgehead atoms. The topological polar surface area (TPSA) is 137 Å². The van der Waals surface area contributed by atoms with E-state index in [2.05, 4.69) is 22.5 Å². The minimum absolute atomic E-state index is 0.0576. The van der Waals surface area contributed by atoms with Crippen LogP contribution in [0.3, 0.4) is 0 Å². The predicted octanol–water partition coefficient (Wildman–Crippen LogP) is 3.98. The number of aliphatic hydroxyl groups is 1. The van der Waals surface area contributed by atoms with Gasteiger partial charge in [0.25, 0.3) is 5.70 Å². The summed E-state index contributed by atoms with van der Waals surface area (Å²) in [6.07, 6.45) is 4.12. The van der Waals surface area contributed by atoms with E-state index in [1.807, 2.05) is 61.5 Å². The van der Waals surface area contributed by atoms with E-state index in [1.54, 1.807) is 18.2 Å². The molecule has 0 radical (unpaired) electrons. The lowest BCUT2D eigenvalue weighted by atomic mass is 10.0. The van der Waals surface area contributed by atoms with Crippen molar-refractivity contribution < 1.29 is 24.0 Å². The number of aliphatic hydroxyl groups excluding tert-OH is 1. The Labute approximate surface area is 262 Å². The van der Waals surface area contributed by atoms with Crippen molar-refractivity contribution in [3.8, 4) is 0 Å². The van der Waals surface area contributed by atoms with Crippen molar-refractivity contribution in [2.75, 3.05) is 26.2 Å². The minimum Gasteiger partial charge on any atom is -0.390 e. The number of hydrogen-bond acceptors (Lipinski definition) is 8. The molecule has 2 aromatic rings. The molecule has 0 saturated heterocycles. The average molecular weight is 628 g/mol. The molecule has 0 heterocycles. The Morgan fingerprint density at radius 3 is 2.41 bits per heavy atom. The normalized spacial score (nSPS) is 13.2. The highest BCUT2D eigenvalue weighted by atomic mass is 32.2. The minimum atomic E-state index is -0.982. The summed E-state index contributed by atoms with van der Waals surface area (Å²) in [5.41, 5.74) is 1.37. The van der Waals surface area contributed by atoms with Gasteiger partial charge in [0.2, 0.25) is 11.8 Å². The summed E-state index contributed by atoms with van der Waals surface area (Å²) in [6.45, 7) is 10.1. The second-order valence-corrected chi connectivity index (χ2v) is 11.7. The van der Waals surface area contributed by atoms with E-state index in [1.165, 1.54) is 30.2 Å². The van der Waals surface area contributed by atoms with Crippen molar-refractivity contribution in [2.45, 2.75) is 45.9 Å². The summed E-state index contributed by atoms with van der Waals surface area (Å²) in [5, 5.41) is 30.7. The molecular weight excluding hydrogens is 585 g/mol. The third-order valence-corrected chi connectivity index (χ3v) is 7.35. The lowest BCUT2D eigenvalue weighted by molar-refractivity contribution is -0.418. The molecule has 0 fully saturated rings. The van der Waals surface area contributed by atoms with Crippen LogP contribution in [0.15, 0.2) is 90.0 Å². The number of carbonyl (C=O) groups is 2. The second kappa shape index (κ2) is 19.4. The molecule has 4 N–H and O–H groups in total. The van der Waals surface area contributed by atoms with Crippen LogP contribution in [-0.2, 0) is 22.6 Å². The summed E-state index contributed by atoms with van der Waals surface area (Å²) in [5.74, 6) is -0.969. The van der Waals surface area contributed by atoms with Gasteiger partial charge in [-0.25, -0.2) is 8.70 Å². The van der Waals surface area contributed by atoms with Crippen LogP contribution in [0.2, 0.25) is 0 Å². The largest absolute Gasteiger partial charge is 0.390 e. The number of hydrogen-bond donors (Lipinski definition) is 4. The maximum atomic E-state index is 13.3. The van der Waals surface area contributed by atoms with Crippen molar-refractivity contribution in [1.82, 2.24) is 20.3 Å². The molecular formula is C32H42FN5O5S. The third kappa shape index (κ3) is 14.6. The van der Waals surface area contributed by atoms with E-state index in [-0.39, 0.29) is 37.1 Å². The first-order chi connectivity index (χ1) is 21.0. The highest BCUT2D eigenvalue weighted by Gasteiger charge is 2.25. The van der Waals surface area contributed by atoms with Gasteiger partial charge in [0.1, 0.15) is 5.82 Å². The molecule has 0 aliphatic rings. The lowest BCUT2D eigenvalue weighted by Gasteiger charge is -2.30. The van der Waals surface area contributed by atoms with E-state index in [0.29, 0.717) is 25.1 Å². The standard InChI is InChI=1S/C32H42FN5O5S/c1-5-28(15-14-24(4)38(42)43)44-37(21-23(2)3)22-30(39)29(17-25-10-7-6-8-11-25)36-32(41)20-35-31(40)19-34-18-26-12-9-13-27(33)16-26/h5-16,23,29-30,34,39H,4,17-22H2,1-3H3,(H,35,40)(H,36,41)/b15-14-,28-5+. The van der Waals surface area contributed by atoms with Gasteiger partial charge in [-0.3, -0.25) is 19.7 Å². The number of carbonyl (C=O) groups excluding carboxylic acids is 2. The fourth-order valence-electron chi connectivity index (χ4n) is 4.08. The highest BCUT2D eigenvalue weighted by molar-refractivity contribution is 8.01. The molecule has 44 heavy (non-hydrogen) atoms. The fourth-order valence-corrected chi connectivity index (χ4v) is 5.21. The van der Waals surface area contributed by atoms with Crippen LogP contribution in [0.5, 0.6) is 0 Å². The zero-order valence-corrected chi connectivity index (χ0v) is 26.2. The predicted molar refractivity (Wildman–Crippen MR) is 172 cm³/mol. The Morgan fingerprint density at radius 1 is 1.07 bits per heavy atom. The van der Waals surface area contributed by atoms with E-state index in [4.69, 9.17) is 0 Å². The van der Waals surface area contributed by atoms with Gasteiger partial charge in [0.05, 0.1) is 30.2 Å². The molecule has 2 unspecified atom stereocenters. The molecule has 2 amide bonds. The van der Waals surface area contributed by atoms with Crippen molar-refractivity contribution in [3.63, 3.8) is 0 Å². The van der Waals surface area contributed by atoms with Crippen LogP contribution in [0.25, 0.3) is 0 Å². The van der Waals surface area contributed by atoms with Gasteiger partial charge in [-0.15, -0.1) is 0 Å². The van der Waals surface area contributed by atoms with Crippen LogP contribution < -0.4 is 16.0 Å². The Morgan fingerprint density at radius 2 is 1.77 bits per heavy atom. The first-order valence-corrected chi connectivity index (χ1v) is 15.1. The van der Waals surface area contributed by atoms with Crippen LogP contribution in [0, 0.1) is 21.8 Å².